The summed E-state index contributed by atoms with van der Waals surface area (Å²) < 4.78 is 11.7. The Morgan fingerprint density at radius 1 is 0.903 bits per heavy atom. The molecule has 0 atom stereocenters. The van der Waals surface area contributed by atoms with Crippen LogP contribution in [-0.2, 0) is 9.59 Å². The molecule has 160 valence electrons. The molecule has 9 heteroatoms. The van der Waals surface area contributed by atoms with Crippen molar-refractivity contribution in [2.24, 2.45) is 0 Å². The highest BCUT2D eigenvalue weighted by molar-refractivity contribution is 9.10. The number of hydrogen-bond acceptors (Lipinski definition) is 5. The average Bonchev–Trinajstić information content (AvgIpc) is 2.75. The summed E-state index contributed by atoms with van der Waals surface area (Å²) in [6.45, 7) is 1.50. The molecule has 0 aromatic heterocycles. The van der Waals surface area contributed by atoms with E-state index in [1.807, 2.05) is 55.5 Å². The molecule has 0 aliphatic heterocycles. The molecule has 0 saturated carbocycles. The van der Waals surface area contributed by atoms with Crippen LogP contribution in [0.3, 0.4) is 0 Å². The molecule has 0 aliphatic carbocycles. The van der Waals surface area contributed by atoms with E-state index in [4.69, 9.17) is 21.7 Å². The summed E-state index contributed by atoms with van der Waals surface area (Å²) in [5.74, 6) is 0.194. The van der Waals surface area contributed by atoms with Gasteiger partial charge in [0.25, 0.3) is 11.8 Å². The van der Waals surface area contributed by atoms with Gasteiger partial charge < -0.3 is 9.47 Å². The van der Waals surface area contributed by atoms with E-state index in [9.17, 15) is 9.59 Å². The van der Waals surface area contributed by atoms with Crippen LogP contribution < -0.4 is 25.6 Å². The van der Waals surface area contributed by atoms with Crippen LogP contribution in [0.4, 0.5) is 0 Å². The molecule has 0 heterocycles. The summed E-state index contributed by atoms with van der Waals surface area (Å²) in [6.07, 6.45) is 0. The number of rotatable bonds is 6. The van der Waals surface area contributed by atoms with Gasteiger partial charge in [-0.3, -0.25) is 25.8 Å². The number of benzene rings is 3. The second-order valence-corrected chi connectivity index (χ2v) is 7.83. The smallest absolute Gasteiger partial charge is 0.276 e. The van der Waals surface area contributed by atoms with E-state index >= 15 is 0 Å². The Morgan fingerprint density at radius 2 is 1.65 bits per heavy atom. The number of hydrazine groups is 1. The molecule has 0 bridgehead atoms. The molecule has 0 fully saturated rings. The van der Waals surface area contributed by atoms with E-state index in [1.54, 1.807) is 12.1 Å². The minimum absolute atomic E-state index is 0.0584. The first kappa shape index (κ1) is 22.5. The zero-order valence-electron chi connectivity index (χ0n) is 16.6. The maximum Gasteiger partial charge on any atom is 0.276 e. The van der Waals surface area contributed by atoms with E-state index in [2.05, 4.69) is 32.1 Å². The Kier molecular flexibility index (Phi) is 7.80. The van der Waals surface area contributed by atoms with Crippen molar-refractivity contribution in [1.82, 2.24) is 16.2 Å². The van der Waals surface area contributed by atoms with Gasteiger partial charge in [0.05, 0.1) is 4.47 Å². The predicted molar refractivity (Wildman–Crippen MR) is 126 cm³/mol. The molecule has 2 amide bonds. The number of ether oxygens (including phenoxy) is 2. The fourth-order valence-corrected chi connectivity index (χ4v) is 3.40. The fourth-order valence-electron chi connectivity index (χ4n) is 2.63. The minimum atomic E-state index is -0.462. The minimum Gasteiger partial charge on any atom is -0.484 e. The van der Waals surface area contributed by atoms with Gasteiger partial charge in [-0.2, -0.15) is 0 Å². The second-order valence-electron chi connectivity index (χ2n) is 6.57. The Hall–Kier alpha value is -3.17. The fraction of sp³-hybridized carbons (Fsp3) is 0.136. The van der Waals surface area contributed by atoms with Gasteiger partial charge in [0, 0.05) is 0 Å². The third kappa shape index (κ3) is 6.94. The summed E-state index contributed by atoms with van der Waals surface area (Å²) >= 11 is 8.37. The van der Waals surface area contributed by atoms with Crippen molar-refractivity contribution in [3.05, 3.63) is 70.7 Å². The van der Waals surface area contributed by atoms with E-state index in [1.165, 1.54) is 0 Å². The van der Waals surface area contributed by atoms with Crippen LogP contribution in [0.1, 0.15) is 5.56 Å². The molecule has 3 rings (SSSR count). The lowest BCUT2D eigenvalue weighted by Crippen LogP contribution is -2.50. The van der Waals surface area contributed by atoms with Crippen molar-refractivity contribution in [2.75, 3.05) is 13.2 Å². The molecule has 0 saturated heterocycles. The number of aryl methyl sites for hydroxylation is 1. The third-order valence-electron chi connectivity index (χ3n) is 4.11. The maximum absolute atomic E-state index is 12.0. The van der Waals surface area contributed by atoms with Crippen LogP contribution >= 0.6 is 28.1 Å². The van der Waals surface area contributed by atoms with Crippen molar-refractivity contribution < 1.29 is 19.1 Å². The van der Waals surface area contributed by atoms with Gasteiger partial charge >= 0.3 is 0 Å². The van der Waals surface area contributed by atoms with Crippen molar-refractivity contribution in [1.29, 1.82) is 0 Å². The van der Waals surface area contributed by atoms with Crippen molar-refractivity contribution in [3.8, 4) is 11.5 Å². The van der Waals surface area contributed by atoms with Crippen LogP contribution in [0, 0.1) is 6.92 Å². The van der Waals surface area contributed by atoms with Crippen LogP contribution in [0.25, 0.3) is 10.8 Å². The summed E-state index contributed by atoms with van der Waals surface area (Å²) in [5, 5.41) is 4.46. The topological polar surface area (TPSA) is 88.7 Å². The Labute approximate surface area is 193 Å². The zero-order valence-corrected chi connectivity index (χ0v) is 19.0. The van der Waals surface area contributed by atoms with Gasteiger partial charge in [0.15, 0.2) is 18.3 Å². The maximum atomic E-state index is 12.0. The van der Waals surface area contributed by atoms with E-state index in [0.717, 1.165) is 20.8 Å². The molecule has 7 nitrogen and oxygen atoms in total. The Balaban J connectivity index is 1.37. The van der Waals surface area contributed by atoms with Gasteiger partial charge in [-0.05, 0) is 75.7 Å². The van der Waals surface area contributed by atoms with E-state index < -0.39 is 11.8 Å². The van der Waals surface area contributed by atoms with Gasteiger partial charge in [-0.15, -0.1) is 0 Å². The highest BCUT2D eigenvalue weighted by Crippen LogP contribution is 2.25. The Morgan fingerprint density at radius 3 is 2.42 bits per heavy atom. The molecule has 0 aliphatic rings. The average molecular weight is 502 g/mol. The number of carbonyl (C=O) groups is 2. The molecule has 0 radical (unpaired) electrons. The molecule has 3 aromatic carbocycles. The summed E-state index contributed by atoms with van der Waals surface area (Å²) in [7, 11) is 0. The molecular formula is C22H20BrN3O4S. The molecule has 31 heavy (non-hydrogen) atoms. The lowest BCUT2D eigenvalue weighted by molar-refractivity contribution is -0.124. The largest absolute Gasteiger partial charge is 0.484 e. The number of fused-ring (bicyclic) bond motifs is 1. The molecular weight excluding hydrogens is 482 g/mol. The molecule has 3 aromatic rings. The molecule has 0 unspecified atom stereocenters. The quantitative estimate of drug-likeness (QED) is 0.354. The van der Waals surface area contributed by atoms with Gasteiger partial charge in [-0.25, -0.2) is 0 Å². The first-order valence-electron chi connectivity index (χ1n) is 9.30. The summed E-state index contributed by atoms with van der Waals surface area (Å²) in [6, 6.07) is 18.9. The van der Waals surface area contributed by atoms with Gasteiger partial charge in [0.2, 0.25) is 0 Å². The monoisotopic (exact) mass is 501 g/mol. The number of amides is 2. The first-order valence-corrected chi connectivity index (χ1v) is 10.5. The Bertz CT molecular complexity index is 1120. The lowest BCUT2D eigenvalue weighted by Gasteiger charge is -2.12. The number of halogens is 1. The van der Waals surface area contributed by atoms with Crippen LogP contribution in [-0.4, -0.2) is 30.1 Å². The zero-order chi connectivity index (χ0) is 22.2. The molecule has 0 spiro atoms. The number of carbonyl (C=O) groups excluding carboxylic acids is 2. The molecule has 3 N–H and O–H groups in total. The number of thiocarbonyl (C=S) groups is 1. The lowest BCUT2D eigenvalue weighted by atomic mass is 10.1. The highest BCUT2D eigenvalue weighted by Gasteiger charge is 2.09. The van der Waals surface area contributed by atoms with E-state index in [0.29, 0.717) is 11.5 Å². The standard InChI is InChI=1S/C22H20BrN3O4S/c1-14-6-9-19(18(23)10-14)30-13-21(28)25-26-22(31)24-20(27)12-29-17-8-7-15-4-2-3-5-16(15)11-17/h2-11H,12-13H2,1H3,(H,25,28)(H2,24,26,27,31). The normalized spacial score (nSPS) is 10.3. The van der Waals surface area contributed by atoms with Crippen molar-refractivity contribution >= 4 is 55.8 Å². The van der Waals surface area contributed by atoms with Crippen LogP contribution in [0.2, 0.25) is 0 Å². The summed E-state index contributed by atoms with van der Waals surface area (Å²) in [4.78, 5) is 23.9. The number of nitrogens with one attached hydrogen (secondary N) is 3. The SMILES string of the molecule is Cc1ccc(OCC(=O)NNC(=S)NC(=O)COc2ccc3ccccc3c2)c(Br)c1. The van der Waals surface area contributed by atoms with Crippen molar-refractivity contribution in [3.63, 3.8) is 0 Å². The third-order valence-corrected chi connectivity index (χ3v) is 4.93. The van der Waals surface area contributed by atoms with Gasteiger partial charge in [0.1, 0.15) is 11.5 Å². The predicted octanol–water partition coefficient (Wildman–Crippen LogP) is 3.39. The van der Waals surface area contributed by atoms with Crippen molar-refractivity contribution in [2.45, 2.75) is 6.92 Å². The summed E-state index contributed by atoms with van der Waals surface area (Å²) in [5.41, 5.74) is 5.87. The van der Waals surface area contributed by atoms with Crippen LogP contribution in [0.15, 0.2) is 65.1 Å². The highest BCUT2D eigenvalue weighted by atomic mass is 79.9. The number of hydrogen-bond donors (Lipinski definition) is 3. The second kappa shape index (κ2) is 10.7. The first-order chi connectivity index (χ1) is 14.9. The van der Waals surface area contributed by atoms with Gasteiger partial charge in [-0.1, -0.05) is 36.4 Å². The van der Waals surface area contributed by atoms with Crippen LogP contribution in [0.5, 0.6) is 11.5 Å². The van der Waals surface area contributed by atoms with E-state index in [-0.39, 0.29) is 18.3 Å².